The van der Waals surface area contributed by atoms with E-state index in [9.17, 15) is 0 Å². The molecule has 1 fully saturated rings. The highest BCUT2D eigenvalue weighted by Gasteiger charge is 2.22. The maximum atomic E-state index is 5.49. The van der Waals surface area contributed by atoms with Gasteiger partial charge >= 0.3 is 0 Å². The number of aromatic nitrogens is 2. The smallest absolute Gasteiger partial charge is 0.227 e. The predicted molar refractivity (Wildman–Crippen MR) is 116 cm³/mol. The first-order valence-corrected chi connectivity index (χ1v) is 10.8. The van der Waals surface area contributed by atoms with E-state index in [1.54, 1.807) is 14.2 Å². The quantitative estimate of drug-likeness (QED) is 0.751. The highest BCUT2D eigenvalue weighted by Crippen LogP contribution is 2.34. The minimum absolute atomic E-state index is 0.526. The number of anilines is 2. The summed E-state index contributed by atoms with van der Waals surface area (Å²) in [6.45, 7) is 3.73. The van der Waals surface area contributed by atoms with Crippen LogP contribution >= 0.6 is 0 Å². The van der Waals surface area contributed by atoms with Crippen molar-refractivity contribution >= 4 is 11.8 Å². The second kappa shape index (κ2) is 8.89. The Morgan fingerprint density at radius 3 is 2.31 bits per heavy atom. The van der Waals surface area contributed by atoms with Crippen LogP contribution in [0.4, 0.5) is 11.8 Å². The Hall–Kier alpha value is -2.50. The fraction of sp³-hybridized carbons (Fsp3) is 0.565. The van der Waals surface area contributed by atoms with Crippen molar-refractivity contribution in [3.8, 4) is 11.5 Å². The molecule has 0 unspecified atom stereocenters. The van der Waals surface area contributed by atoms with E-state index >= 15 is 0 Å². The summed E-state index contributed by atoms with van der Waals surface area (Å²) in [5, 5.41) is 3.68. The molecule has 6 nitrogen and oxygen atoms in total. The Balaban J connectivity index is 1.53. The maximum absolute atomic E-state index is 5.49. The molecule has 0 atom stereocenters. The highest BCUT2D eigenvalue weighted by atomic mass is 16.5. The minimum atomic E-state index is 0.526. The van der Waals surface area contributed by atoms with Gasteiger partial charge in [0.15, 0.2) is 11.5 Å². The molecular weight excluding hydrogens is 364 g/mol. The zero-order chi connectivity index (χ0) is 20.2. The molecule has 156 valence electrons. The van der Waals surface area contributed by atoms with Crippen LogP contribution in [0.5, 0.6) is 11.5 Å². The van der Waals surface area contributed by atoms with Gasteiger partial charge in [-0.2, -0.15) is 4.98 Å². The van der Waals surface area contributed by atoms with E-state index in [0.29, 0.717) is 6.04 Å². The van der Waals surface area contributed by atoms with Gasteiger partial charge in [-0.25, -0.2) is 4.98 Å². The molecule has 0 amide bonds. The number of rotatable bonds is 5. The molecule has 2 aromatic rings. The number of hydrogen-bond acceptors (Lipinski definition) is 6. The maximum Gasteiger partial charge on any atom is 0.227 e. The topological polar surface area (TPSA) is 59.5 Å². The van der Waals surface area contributed by atoms with Gasteiger partial charge in [0.25, 0.3) is 0 Å². The van der Waals surface area contributed by atoms with Gasteiger partial charge < -0.3 is 19.7 Å². The van der Waals surface area contributed by atoms with Gasteiger partial charge in [-0.15, -0.1) is 0 Å². The third-order valence-corrected chi connectivity index (χ3v) is 6.05. The Kier molecular flexibility index (Phi) is 6.07. The van der Waals surface area contributed by atoms with Crippen LogP contribution in [0.25, 0.3) is 0 Å². The molecule has 2 aliphatic rings. The molecule has 0 bridgehead atoms. The monoisotopic (exact) mass is 396 g/mol. The standard InChI is InChI=1S/C23H32N4O2/c1-16-12-22(25-19-8-6-4-5-7-9-19)26-23(24-16)27-11-10-17-13-20(28-2)21(29-3)14-18(17)15-27/h12-14,19H,4-11,15H2,1-3H3,(H,24,25,26). The van der Waals surface area contributed by atoms with Gasteiger partial charge in [0.05, 0.1) is 14.2 Å². The number of nitrogens with zero attached hydrogens (tertiary/aromatic N) is 3. The number of methoxy groups -OCH3 is 2. The van der Waals surface area contributed by atoms with Crippen molar-refractivity contribution in [2.45, 2.75) is 64.5 Å². The van der Waals surface area contributed by atoms with Crippen LogP contribution in [0.3, 0.4) is 0 Å². The summed E-state index contributed by atoms with van der Waals surface area (Å²) in [5.41, 5.74) is 3.56. The van der Waals surface area contributed by atoms with Crippen LogP contribution < -0.4 is 19.7 Å². The summed E-state index contributed by atoms with van der Waals surface area (Å²) in [7, 11) is 3.36. The normalized spacial score (nSPS) is 17.4. The third-order valence-electron chi connectivity index (χ3n) is 6.05. The minimum Gasteiger partial charge on any atom is -0.493 e. The van der Waals surface area contributed by atoms with Crippen molar-refractivity contribution in [3.05, 3.63) is 35.0 Å². The molecule has 1 aliphatic heterocycles. The third kappa shape index (κ3) is 4.57. The molecule has 0 saturated heterocycles. The predicted octanol–water partition coefficient (Wildman–Crippen LogP) is 4.50. The van der Waals surface area contributed by atoms with Gasteiger partial charge in [0.2, 0.25) is 5.95 Å². The first-order chi connectivity index (χ1) is 14.2. The van der Waals surface area contributed by atoms with Crippen molar-refractivity contribution in [2.75, 3.05) is 31.0 Å². The first-order valence-electron chi connectivity index (χ1n) is 10.8. The average molecular weight is 397 g/mol. The van der Waals surface area contributed by atoms with E-state index in [-0.39, 0.29) is 0 Å². The van der Waals surface area contributed by atoms with E-state index in [1.807, 2.05) is 0 Å². The average Bonchev–Trinajstić information content (AvgIpc) is 3.00. The van der Waals surface area contributed by atoms with Crippen LogP contribution in [0.2, 0.25) is 0 Å². The Labute approximate surface area is 173 Å². The summed E-state index contributed by atoms with van der Waals surface area (Å²) in [5.74, 6) is 3.33. The number of fused-ring (bicyclic) bond motifs is 1. The summed E-state index contributed by atoms with van der Waals surface area (Å²) in [6.07, 6.45) is 8.74. The van der Waals surface area contributed by atoms with Crippen LogP contribution in [0.1, 0.15) is 55.3 Å². The largest absolute Gasteiger partial charge is 0.493 e. The summed E-state index contributed by atoms with van der Waals surface area (Å²) >= 11 is 0. The molecule has 1 aromatic heterocycles. The summed E-state index contributed by atoms with van der Waals surface area (Å²) < 4.78 is 10.9. The molecule has 1 aliphatic carbocycles. The van der Waals surface area contributed by atoms with E-state index < -0.39 is 0 Å². The number of nitrogens with one attached hydrogen (secondary N) is 1. The zero-order valence-corrected chi connectivity index (χ0v) is 17.8. The van der Waals surface area contributed by atoms with Crippen LogP contribution in [-0.2, 0) is 13.0 Å². The van der Waals surface area contributed by atoms with E-state index in [1.165, 1.54) is 49.7 Å². The Morgan fingerprint density at radius 1 is 0.931 bits per heavy atom. The van der Waals surface area contributed by atoms with Crippen molar-refractivity contribution in [1.82, 2.24) is 9.97 Å². The zero-order valence-electron chi connectivity index (χ0n) is 17.8. The van der Waals surface area contributed by atoms with E-state index in [4.69, 9.17) is 19.4 Å². The molecule has 1 saturated carbocycles. The number of ether oxygens (including phenoxy) is 2. The van der Waals surface area contributed by atoms with Crippen LogP contribution in [-0.4, -0.2) is 36.8 Å². The SMILES string of the molecule is COc1cc2c(cc1OC)CN(c1nc(C)cc(NC3CCCCCC3)n1)CC2. The summed E-state index contributed by atoms with van der Waals surface area (Å²) in [6, 6.07) is 6.78. The van der Waals surface area contributed by atoms with Gasteiger partial charge in [-0.3, -0.25) is 0 Å². The van der Waals surface area contributed by atoms with Crippen molar-refractivity contribution in [1.29, 1.82) is 0 Å². The number of hydrogen-bond donors (Lipinski definition) is 1. The van der Waals surface area contributed by atoms with Gasteiger partial charge in [-0.1, -0.05) is 25.7 Å². The molecule has 0 radical (unpaired) electrons. The van der Waals surface area contributed by atoms with Gasteiger partial charge in [0, 0.05) is 30.9 Å². The number of aryl methyl sites for hydroxylation is 1. The molecule has 29 heavy (non-hydrogen) atoms. The number of benzene rings is 1. The fourth-order valence-corrected chi connectivity index (χ4v) is 4.45. The molecule has 1 aromatic carbocycles. The second-order valence-electron chi connectivity index (χ2n) is 8.17. The lowest BCUT2D eigenvalue weighted by Crippen LogP contribution is -2.32. The fourth-order valence-electron chi connectivity index (χ4n) is 4.45. The van der Waals surface area contributed by atoms with E-state index in [0.717, 1.165) is 48.5 Å². The Morgan fingerprint density at radius 2 is 1.62 bits per heavy atom. The highest BCUT2D eigenvalue weighted by molar-refractivity contribution is 5.52. The van der Waals surface area contributed by atoms with Crippen molar-refractivity contribution < 1.29 is 9.47 Å². The molecule has 1 N–H and O–H groups in total. The summed E-state index contributed by atoms with van der Waals surface area (Å²) in [4.78, 5) is 11.9. The van der Waals surface area contributed by atoms with Gasteiger partial charge in [-0.05, 0) is 49.4 Å². The van der Waals surface area contributed by atoms with Crippen LogP contribution in [0.15, 0.2) is 18.2 Å². The van der Waals surface area contributed by atoms with E-state index in [2.05, 4.69) is 35.3 Å². The Bertz CT molecular complexity index is 847. The molecular formula is C23H32N4O2. The first kappa shape index (κ1) is 19.8. The molecule has 2 heterocycles. The van der Waals surface area contributed by atoms with Crippen molar-refractivity contribution in [3.63, 3.8) is 0 Å². The molecule has 0 spiro atoms. The lowest BCUT2D eigenvalue weighted by Gasteiger charge is -2.30. The van der Waals surface area contributed by atoms with Gasteiger partial charge in [0.1, 0.15) is 5.82 Å². The lowest BCUT2D eigenvalue weighted by molar-refractivity contribution is 0.353. The second-order valence-corrected chi connectivity index (χ2v) is 8.17. The van der Waals surface area contributed by atoms with Crippen molar-refractivity contribution in [2.24, 2.45) is 0 Å². The lowest BCUT2D eigenvalue weighted by atomic mass is 9.99. The molecule has 4 rings (SSSR count). The molecule has 6 heteroatoms. The van der Waals surface area contributed by atoms with Crippen LogP contribution in [0, 0.1) is 6.92 Å².